The summed E-state index contributed by atoms with van der Waals surface area (Å²) >= 11 is 2.51. The van der Waals surface area contributed by atoms with Crippen LogP contribution in [-0.2, 0) is 0 Å². The molecule has 58 valence electrons. The highest BCUT2D eigenvalue weighted by Gasteiger charge is 2.37. The van der Waals surface area contributed by atoms with E-state index in [1.54, 1.807) is 0 Å². The van der Waals surface area contributed by atoms with Crippen LogP contribution in [0.3, 0.4) is 0 Å². The zero-order chi connectivity index (χ0) is 7.14. The van der Waals surface area contributed by atoms with Gasteiger partial charge < -0.3 is 0 Å². The molecule has 0 aromatic rings. The van der Waals surface area contributed by atoms with Crippen LogP contribution in [0.2, 0.25) is 0 Å². The molecule has 2 heteroatoms. The first kappa shape index (κ1) is 7.35. The van der Waals surface area contributed by atoms with Gasteiger partial charge in [-0.2, -0.15) is 0 Å². The van der Waals surface area contributed by atoms with Gasteiger partial charge in [0.2, 0.25) is 0 Å². The molecule has 2 fully saturated rings. The molecule has 0 N–H and O–H groups in total. The van der Waals surface area contributed by atoms with Crippen molar-refractivity contribution < 1.29 is 0 Å². The van der Waals surface area contributed by atoms with Crippen molar-refractivity contribution in [1.82, 2.24) is 3.11 Å². The van der Waals surface area contributed by atoms with E-state index in [0.717, 1.165) is 18.0 Å². The Hall–Kier alpha value is 0.690. The van der Waals surface area contributed by atoms with Crippen LogP contribution in [0.1, 0.15) is 32.6 Å². The molecule has 2 heterocycles. The maximum atomic E-state index is 2.57. The maximum absolute atomic E-state index is 2.57. The topological polar surface area (TPSA) is 3.24 Å². The van der Waals surface area contributed by atoms with Crippen LogP contribution in [0.15, 0.2) is 0 Å². The van der Waals surface area contributed by atoms with Gasteiger partial charge in [-0.25, -0.2) is 3.11 Å². The summed E-state index contributed by atoms with van der Waals surface area (Å²) in [6, 6.07) is 1.85. The minimum atomic E-state index is 0.925. The number of hydrogen-bond acceptors (Lipinski definition) is 1. The SMILES string of the molecule is CC1CC2CCC(C1)N2I. The zero-order valence-corrected chi connectivity index (χ0v) is 8.54. The van der Waals surface area contributed by atoms with Crippen molar-refractivity contribution in [3.05, 3.63) is 0 Å². The molecular weight excluding hydrogens is 237 g/mol. The van der Waals surface area contributed by atoms with Gasteiger partial charge in [0.25, 0.3) is 0 Å². The lowest BCUT2D eigenvalue weighted by molar-refractivity contribution is 0.236. The van der Waals surface area contributed by atoms with E-state index < -0.39 is 0 Å². The fraction of sp³-hybridized carbons (Fsp3) is 1.00. The van der Waals surface area contributed by atoms with Gasteiger partial charge in [-0.05, 0) is 31.6 Å². The van der Waals surface area contributed by atoms with Crippen LogP contribution >= 0.6 is 22.9 Å². The van der Waals surface area contributed by atoms with Gasteiger partial charge in [0.15, 0.2) is 0 Å². The average molecular weight is 251 g/mol. The van der Waals surface area contributed by atoms with Gasteiger partial charge in [-0.15, -0.1) is 0 Å². The molecule has 2 aliphatic heterocycles. The van der Waals surface area contributed by atoms with Crippen molar-refractivity contribution in [1.29, 1.82) is 0 Å². The second kappa shape index (κ2) is 2.63. The number of rotatable bonds is 0. The Morgan fingerprint density at radius 2 is 1.70 bits per heavy atom. The van der Waals surface area contributed by atoms with Gasteiger partial charge in [-0.3, -0.25) is 0 Å². The lowest BCUT2D eigenvalue weighted by Gasteiger charge is -2.32. The molecule has 2 saturated heterocycles. The fourth-order valence-corrected chi connectivity index (χ4v) is 3.40. The van der Waals surface area contributed by atoms with Crippen LogP contribution in [0.5, 0.6) is 0 Å². The largest absolute Gasteiger partial charge is 0.241 e. The minimum absolute atomic E-state index is 0.925. The van der Waals surface area contributed by atoms with E-state index in [4.69, 9.17) is 0 Å². The van der Waals surface area contributed by atoms with E-state index in [1.807, 2.05) is 0 Å². The minimum Gasteiger partial charge on any atom is -0.241 e. The smallest absolute Gasteiger partial charge is 0.0207 e. The van der Waals surface area contributed by atoms with Gasteiger partial charge in [0.05, 0.1) is 0 Å². The van der Waals surface area contributed by atoms with E-state index in [9.17, 15) is 0 Å². The Balaban J connectivity index is 2.09. The monoisotopic (exact) mass is 251 g/mol. The summed E-state index contributed by atoms with van der Waals surface area (Å²) in [7, 11) is 0. The van der Waals surface area contributed by atoms with Crippen molar-refractivity contribution >= 4 is 22.9 Å². The molecular formula is C8H14IN. The van der Waals surface area contributed by atoms with Crippen LogP contribution < -0.4 is 0 Å². The Kier molecular flexibility index (Phi) is 1.93. The van der Waals surface area contributed by atoms with Gasteiger partial charge in [0, 0.05) is 34.9 Å². The third-order valence-electron chi connectivity index (χ3n) is 2.88. The number of hydrogen-bond donors (Lipinski definition) is 0. The average Bonchev–Trinajstić information content (AvgIpc) is 2.20. The summed E-state index contributed by atoms with van der Waals surface area (Å²) in [4.78, 5) is 0. The molecule has 0 spiro atoms. The van der Waals surface area contributed by atoms with Gasteiger partial charge >= 0.3 is 0 Å². The second-order valence-electron chi connectivity index (χ2n) is 3.81. The van der Waals surface area contributed by atoms with Gasteiger partial charge in [-0.1, -0.05) is 6.92 Å². The molecule has 2 atom stereocenters. The first-order valence-corrected chi connectivity index (χ1v) is 5.18. The quantitative estimate of drug-likeness (QED) is 0.472. The predicted molar refractivity (Wildman–Crippen MR) is 51.1 cm³/mol. The lowest BCUT2D eigenvalue weighted by Crippen LogP contribution is -2.34. The Labute approximate surface area is 76.7 Å². The van der Waals surface area contributed by atoms with Crippen LogP contribution in [0.4, 0.5) is 0 Å². The number of fused-ring (bicyclic) bond motifs is 2. The molecule has 10 heavy (non-hydrogen) atoms. The third-order valence-corrected chi connectivity index (χ3v) is 4.46. The standard InChI is InChI=1S/C8H14IN/c1-6-4-7-2-3-8(5-6)10(7)9/h6-8H,2-5H2,1H3. The highest BCUT2D eigenvalue weighted by atomic mass is 127. The normalized spacial score (nSPS) is 48.0. The lowest BCUT2D eigenvalue weighted by atomic mass is 9.95. The molecule has 0 aromatic carbocycles. The molecule has 2 unspecified atom stereocenters. The molecule has 0 radical (unpaired) electrons. The molecule has 0 amide bonds. The molecule has 2 rings (SSSR count). The molecule has 2 aliphatic rings. The van der Waals surface area contributed by atoms with E-state index in [1.165, 1.54) is 25.7 Å². The number of nitrogens with zero attached hydrogens (tertiary/aromatic N) is 1. The van der Waals surface area contributed by atoms with Crippen molar-refractivity contribution in [3.8, 4) is 0 Å². The molecule has 2 bridgehead atoms. The Morgan fingerprint density at radius 1 is 1.20 bits per heavy atom. The molecule has 0 aliphatic carbocycles. The summed E-state index contributed by atoms with van der Waals surface area (Å²) in [6.07, 6.45) is 5.80. The molecule has 0 aromatic heterocycles. The summed E-state index contributed by atoms with van der Waals surface area (Å²) in [5.74, 6) is 0.989. The van der Waals surface area contributed by atoms with E-state index in [2.05, 4.69) is 32.9 Å². The predicted octanol–water partition coefficient (Wildman–Crippen LogP) is 2.60. The van der Waals surface area contributed by atoms with Crippen molar-refractivity contribution in [2.24, 2.45) is 5.92 Å². The first-order chi connectivity index (χ1) is 4.77. The number of piperidine rings is 1. The van der Waals surface area contributed by atoms with E-state index in [-0.39, 0.29) is 0 Å². The highest BCUT2D eigenvalue weighted by molar-refractivity contribution is 14.1. The highest BCUT2D eigenvalue weighted by Crippen LogP contribution is 2.40. The van der Waals surface area contributed by atoms with E-state index >= 15 is 0 Å². The molecule has 1 nitrogen and oxygen atoms in total. The number of halogens is 1. The van der Waals surface area contributed by atoms with Crippen LogP contribution in [0, 0.1) is 5.92 Å². The Morgan fingerprint density at radius 3 is 2.20 bits per heavy atom. The van der Waals surface area contributed by atoms with Crippen molar-refractivity contribution in [2.45, 2.75) is 44.7 Å². The summed E-state index contributed by atoms with van der Waals surface area (Å²) < 4.78 is 2.57. The Bertz CT molecular complexity index is 123. The first-order valence-electron chi connectivity index (χ1n) is 4.21. The summed E-state index contributed by atoms with van der Waals surface area (Å²) in [5, 5.41) is 0. The summed E-state index contributed by atoms with van der Waals surface area (Å²) in [6.45, 7) is 2.40. The molecule has 0 saturated carbocycles. The van der Waals surface area contributed by atoms with Crippen molar-refractivity contribution in [3.63, 3.8) is 0 Å². The van der Waals surface area contributed by atoms with E-state index in [0.29, 0.717) is 0 Å². The second-order valence-corrected chi connectivity index (χ2v) is 4.92. The van der Waals surface area contributed by atoms with Crippen LogP contribution in [0.25, 0.3) is 0 Å². The van der Waals surface area contributed by atoms with Crippen molar-refractivity contribution in [2.75, 3.05) is 0 Å². The zero-order valence-electron chi connectivity index (χ0n) is 6.39. The van der Waals surface area contributed by atoms with Crippen LogP contribution in [-0.4, -0.2) is 15.2 Å². The van der Waals surface area contributed by atoms with Gasteiger partial charge in [0.1, 0.15) is 0 Å². The maximum Gasteiger partial charge on any atom is 0.0207 e. The fourth-order valence-electron chi connectivity index (χ4n) is 2.39. The summed E-state index contributed by atoms with van der Waals surface area (Å²) in [5.41, 5.74) is 0. The third kappa shape index (κ3) is 1.09.